The van der Waals surface area contributed by atoms with E-state index in [0.29, 0.717) is 10.3 Å². The van der Waals surface area contributed by atoms with Gasteiger partial charge in [-0.15, -0.1) is 11.8 Å². The third-order valence-electron chi connectivity index (χ3n) is 2.83. The van der Waals surface area contributed by atoms with E-state index < -0.39 is 0 Å². The zero-order chi connectivity index (χ0) is 11.5. The Morgan fingerprint density at radius 2 is 2.06 bits per heavy atom. The maximum absolute atomic E-state index is 7.55. The van der Waals surface area contributed by atoms with Crippen LogP contribution in [0.4, 0.5) is 0 Å². The van der Waals surface area contributed by atoms with Crippen molar-refractivity contribution < 1.29 is 0 Å². The van der Waals surface area contributed by atoms with Gasteiger partial charge in [-0.2, -0.15) is 0 Å². The maximum atomic E-state index is 7.55. The van der Waals surface area contributed by atoms with Crippen molar-refractivity contribution in [1.29, 1.82) is 5.41 Å². The van der Waals surface area contributed by atoms with Crippen LogP contribution in [0.3, 0.4) is 0 Å². The van der Waals surface area contributed by atoms with E-state index in [1.165, 1.54) is 25.7 Å². The van der Waals surface area contributed by atoms with Gasteiger partial charge in [-0.3, -0.25) is 5.41 Å². The summed E-state index contributed by atoms with van der Waals surface area (Å²) in [5.74, 6) is 0.1000. The van der Waals surface area contributed by atoms with Crippen LogP contribution in [0.5, 0.6) is 0 Å². The molecule has 1 saturated carbocycles. The summed E-state index contributed by atoms with van der Waals surface area (Å²) in [5, 5.41) is 8.87. The number of nitrogens with one attached hydrogen (secondary N) is 1. The van der Waals surface area contributed by atoms with Crippen LogP contribution in [0.15, 0.2) is 23.1 Å². The minimum Gasteiger partial charge on any atom is -0.384 e. The summed E-state index contributed by atoms with van der Waals surface area (Å²) < 4.78 is 0. The van der Waals surface area contributed by atoms with Crippen molar-refractivity contribution in [2.75, 3.05) is 0 Å². The smallest absolute Gasteiger partial charge is 0.123 e. The highest BCUT2D eigenvalue weighted by Crippen LogP contribution is 2.36. The molecule has 0 aromatic heterocycles. The number of nitrogens with two attached hydrogens (primary N) is 1. The first-order valence-corrected chi connectivity index (χ1v) is 6.73. The minimum atomic E-state index is 0.1000. The Bertz CT molecular complexity index is 400. The standard InChI is InChI=1S/C12H15ClN2S/c13-8-5-6-11(10(7-8)12(14)15)16-9-3-1-2-4-9/h5-7,9H,1-4H2,(H3,14,15). The van der Waals surface area contributed by atoms with E-state index in [9.17, 15) is 0 Å². The van der Waals surface area contributed by atoms with Gasteiger partial charge < -0.3 is 5.73 Å². The number of nitrogen functional groups attached to an aromatic ring is 1. The Balaban J connectivity index is 2.21. The number of amidine groups is 1. The lowest BCUT2D eigenvalue weighted by atomic mass is 10.2. The van der Waals surface area contributed by atoms with Gasteiger partial charge in [0.15, 0.2) is 0 Å². The topological polar surface area (TPSA) is 49.9 Å². The molecular weight excluding hydrogens is 240 g/mol. The van der Waals surface area contributed by atoms with Crippen LogP contribution in [0, 0.1) is 5.41 Å². The zero-order valence-electron chi connectivity index (χ0n) is 9.00. The summed E-state index contributed by atoms with van der Waals surface area (Å²) in [7, 11) is 0. The lowest BCUT2D eigenvalue weighted by Crippen LogP contribution is -2.13. The van der Waals surface area contributed by atoms with Crippen molar-refractivity contribution in [2.24, 2.45) is 5.73 Å². The maximum Gasteiger partial charge on any atom is 0.123 e. The minimum absolute atomic E-state index is 0.1000. The van der Waals surface area contributed by atoms with Gasteiger partial charge in [0.2, 0.25) is 0 Å². The molecule has 0 amide bonds. The highest BCUT2D eigenvalue weighted by Gasteiger charge is 2.18. The van der Waals surface area contributed by atoms with Crippen molar-refractivity contribution in [2.45, 2.75) is 35.8 Å². The van der Waals surface area contributed by atoms with E-state index in [-0.39, 0.29) is 5.84 Å². The molecular formula is C12H15ClN2S. The molecule has 0 atom stereocenters. The second kappa shape index (κ2) is 5.11. The number of rotatable bonds is 3. The second-order valence-electron chi connectivity index (χ2n) is 4.08. The zero-order valence-corrected chi connectivity index (χ0v) is 10.6. The quantitative estimate of drug-likeness (QED) is 0.639. The highest BCUT2D eigenvalue weighted by atomic mass is 35.5. The summed E-state index contributed by atoms with van der Waals surface area (Å²) in [6.45, 7) is 0. The van der Waals surface area contributed by atoms with Gasteiger partial charge in [0, 0.05) is 20.7 Å². The summed E-state index contributed by atoms with van der Waals surface area (Å²) >= 11 is 7.75. The average molecular weight is 255 g/mol. The fourth-order valence-electron chi connectivity index (χ4n) is 2.00. The lowest BCUT2D eigenvalue weighted by molar-refractivity contribution is 0.886. The highest BCUT2D eigenvalue weighted by molar-refractivity contribution is 8.00. The average Bonchev–Trinajstić information content (AvgIpc) is 2.73. The molecule has 0 saturated heterocycles. The summed E-state index contributed by atoms with van der Waals surface area (Å²) in [5.41, 5.74) is 6.34. The van der Waals surface area contributed by atoms with Crippen LogP contribution in [-0.2, 0) is 0 Å². The summed E-state index contributed by atoms with van der Waals surface area (Å²) in [6, 6.07) is 5.62. The normalized spacial score (nSPS) is 16.6. The van der Waals surface area contributed by atoms with E-state index in [1.54, 1.807) is 6.07 Å². The van der Waals surface area contributed by atoms with E-state index >= 15 is 0 Å². The summed E-state index contributed by atoms with van der Waals surface area (Å²) in [6.07, 6.45) is 5.18. The van der Waals surface area contributed by atoms with Gasteiger partial charge in [0.05, 0.1) is 0 Å². The van der Waals surface area contributed by atoms with E-state index in [1.807, 2.05) is 23.9 Å². The molecule has 4 heteroatoms. The third kappa shape index (κ3) is 2.71. The van der Waals surface area contributed by atoms with Gasteiger partial charge >= 0.3 is 0 Å². The molecule has 0 aliphatic heterocycles. The van der Waals surface area contributed by atoms with Gasteiger partial charge in [0.1, 0.15) is 5.84 Å². The second-order valence-corrected chi connectivity index (χ2v) is 5.86. The molecule has 2 nitrogen and oxygen atoms in total. The van der Waals surface area contributed by atoms with Crippen molar-refractivity contribution in [3.05, 3.63) is 28.8 Å². The molecule has 1 aliphatic rings. The molecule has 1 aromatic rings. The molecule has 1 fully saturated rings. The molecule has 0 spiro atoms. The third-order valence-corrected chi connectivity index (χ3v) is 4.48. The van der Waals surface area contributed by atoms with Crippen LogP contribution >= 0.6 is 23.4 Å². The van der Waals surface area contributed by atoms with Crippen molar-refractivity contribution in [1.82, 2.24) is 0 Å². The molecule has 0 bridgehead atoms. The number of benzene rings is 1. The molecule has 1 aliphatic carbocycles. The Kier molecular flexibility index (Phi) is 3.77. The SMILES string of the molecule is N=C(N)c1cc(Cl)ccc1SC1CCCC1. The Morgan fingerprint density at radius 1 is 1.38 bits per heavy atom. The molecule has 2 rings (SSSR count). The van der Waals surface area contributed by atoms with Gasteiger partial charge in [-0.05, 0) is 31.0 Å². The molecule has 16 heavy (non-hydrogen) atoms. The van der Waals surface area contributed by atoms with Gasteiger partial charge in [-0.1, -0.05) is 24.4 Å². The number of thioether (sulfide) groups is 1. The van der Waals surface area contributed by atoms with Crippen LogP contribution in [0.25, 0.3) is 0 Å². The fraction of sp³-hybridized carbons (Fsp3) is 0.417. The van der Waals surface area contributed by atoms with Crippen molar-refractivity contribution >= 4 is 29.2 Å². The fourth-order valence-corrected chi connectivity index (χ4v) is 3.54. The Morgan fingerprint density at radius 3 is 2.69 bits per heavy atom. The predicted octanol–water partition coefficient (Wildman–Crippen LogP) is 3.66. The summed E-state index contributed by atoms with van der Waals surface area (Å²) in [4.78, 5) is 1.09. The van der Waals surface area contributed by atoms with Crippen LogP contribution in [0.1, 0.15) is 31.2 Å². The Labute approximate surface area is 105 Å². The first-order chi connectivity index (χ1) is 7.66. The van der Waals surface area contributed by atoms with Crippen LogP contribution < -0.4 is 5.73 Å². The van der Waals surface area contributed by atoms with Crippen LogP contribution in [0.2, 0.25) is 5.02 Å². The number of halogens is 1. The first-order valence-electron chi connectivity index (χ1n) is 5.47. The molecule has 0 radical (unpaired) electrons. The number of hydrogen-bond donors (Lipinski definition) is 2. The largest absolute Gasteiger partial charge is 0.384 e. The molecule has 0 unspecified atom stereocenters. The molecule has 0 heterocycles. The van der Waals surface area contributed by atoms with Crippen LogP contribution in [-0.4, -0.2) is 11.1 Å². The van der Waals surface area contributed by atoms with Crippen molar-refractivity contribution in [3.63, 3.8) is 0 Å². The predicted molar refractivity (Wildman–Crippen MR) is 70.6 cm³/mol. The van der Waals surface area contributed by atoms with Crippen molar-refractivity contribution in [3.8, 4) is 0 Å². The number of hydrogen-bond acceptors (Lipinski definition) is 2. The molecule has 1 aromatic carbocycles. The lowest BCUT2D eigenvalue weighted by Gasteiger charge is -2.12. The van der Waals surface area contributed by atoms with E-state index in [0.717, 1.165) is 10.5 Å². The molecule has 3 N–H and O–H groups in total. The first kappa shape index (κ1) is 11.8. The monoisotopic (exact) mass is 254 g/mol. The van der Waals surface area contributed by atoms with Gasteiger partial charge in [0.25, 0.3) is 0 Å². The van der Waals surface area contributed by atoms with Gasteiger partial charge in [-0.25, -0.2) is 0 Å². The molecule has 86 valence electrons. The Hall–Kier alpha value is -0.670. The van der Waals surface area contributed by atoms with E-state index in [4.69, 9.17) is 22.7 Å². The van der Waals surface area contributed by atoms with E-state index in [2.05, 4.69) is 0 Å².